The van der Waals surface area contributed by atoms with E-state index in [0.29, 0.717) is 5.82 Å². The van der Waals surface area contributed by atoms with Gasteiger partial charge in [0.05, 0.1) is 0 Å². The van der Waals surface area contributed by atoms with Gasteiger partial charge in [-0.3, -0.25) is 0 Å². The third-order valence-corrected chi connectivity index (χ3v) is 2.79. The number of thiazole rings is 1. The Balaban J connectivity index is 2.52. The van der Waals surface area contributed by atoms with Gasteiger partial charge in [0.1, 0.15) is 10.8 Å². The molecule has 0 amide bonds. The first kappa shape index (κ1) is 8.26. The summed E-state index contributed by atoms with van der Waals surface area (Å²) in [5, 5.41) is 2.86. The van der Waals surface area contributed by atoms with E-state index in [1.807, 2.05) is 17.5 Å². The van der Waals surface area contributed by atoms with Crippen molar-refractivity contribution in [1.29, 1.82) is 0 Å². The third-order valence-electron chi connectivity index (χ3n) is 1.90. The van der Waals surface area contributed by atoms with E-state index >= 15 is 0 Å². The molecule has 0 bridgehead atoms. The molecule has 1 aromatic carbocycles. The molecule has 0 unspecified atom stereocenters. The average molecular weight is 190 g/mol. The first-order valence-electron chi connectivity index (χ1n) is 4.04. The molecule has 66 valence electrons. The standard InChI is InChI=1S/C10H10N2S/c1-7-4-2-3-5-8(7)10-12-9(11)6-13-10/h2-6H,11H2,1H3. The zero-order chi connectivity index (χ0) is 9.26. The third kappa shape index (κ3) is 1.55. The van der Waals surface area contributed by atoms with Crippen LogP contribution in [0.1, 0.15) is 5.56 Å². The highest BCUT2D eigenvalue weighted by atomic mass is 32.1. The molecule has 2 nitrogen and oxygen atoms in total. The number of nitrogens with two attached hydrogens (primary N) is 1. The van der Waals surface area contributed by atoms with Crippen LogP contribution in [0.5, 0.6) is 0 Å². The van der Waals surface area contributed by atoms with Gasteiger partial charge >= 0.3 is 0 Å². The molecule has 0 aliphatic rings. The summed E-state index contributed by atoms with van der Waals surface area (Å²) in [5.41, 5.74) is 7.97. The molecule has 13 heavy (non-hydrogen) atoms. The van der Waals surface area contributed by atoms with Gasteiger partial charge < -0.3 is 5.73 Å². The highest BCUT2D eigenvalue weighted by molar-refractivity contribution is 7.13. The monoisotopic (exact) mass is 190 g/mol. The Labute approximate surface area is 81.1 Å². The van der Waals surface area contributed by atoms with Gasteiger partial charge in [-0.15, -0.1) is 11.3 Å². The van der Waals surface area contributed by atoms with Gasteiger partial charge in [0.25, 0.3) is 0 Å². The molecule has 2 aromatic rings. The molecule has 0 atom stereocenters. The van der Waals surface area contributed by atoms with Gasteiger partial charge in [0.2, 0.25) is 0 Å². The van der Waals surface area contributed by atoms with Crippen LogP contribution >= 0.6 is 11.3 Å². The van der Waals surface area contributed by atoms with Crippen molar-refractivity contribution >= 4 is 17.2 Å². The van der Waals surface area contributed by atoms with E-state index in [1.54, 1.807) is 11.3 Å². The quantitative estimate of drug-likeness (QED) is 0.751. The van der Waals surface area contributed by atoms with Crippen molar-refractivity contribution in [2.45, 2.75) is 6.92 Å². The Morgan fingerprint density at radius 3 is 2.69 bits per heavy atom. The number of nitrogen functional groups attached to an aromatic ring is 1. The van der Waals surface area contributed by atoms with Gasteiger partial charge in [-0.25, -0.2) is 4.98 Å². The fraction of sp³-hybridized carbons (Fsp3) is 0.100. The summed E-state index contributed by atoms with van der Waals surface area (Å²) in [4.78, 5) is 4.24. The topological polar surface area (TPSA) is 38.9 Å². The molecule has 2 N–H and O–H groups in total. The molecule has 0 spiro atoms. The van der Waals surface area contributed by atoms with Crippen LogP contribution in [0, 0.1) is 6.92 Å². The number of hydrogen-bond acceptors (Lipinski definition) is 3. The normalized spacial score (nSPS) is 10.2. The maximum Gasteiger partial charge on any atom is 0.135 e. The van der Waals surface area contributed by atoms with E-state index in [9.17, 15) is 0 Å². The van der Waals surface area contributed by atoms with Crippen LogP contribution in [-0.2, 0) is 0 Å². The Bertz CT molecular complexity index is 420. The molecule has 0 saturated heterocycles. The summed E-state index contributed by atoms with van der Waals surface area (Å²) < 4.78 is 0. The lowest BCUT2D eigenvalue weighted by Gasteiger charge is -1.99. The maximum atomic E-state index is 5.57. The lowest BCUT2D eigenvalue weighted by molar-refractivity contribution is 1.38. The largest absolute Gasteiger partial charge is 0.383 e. The van der Waals surface area contributed by atoms with Crippen molar-refractivity contribution in [3.63, 3.8) is 0 Å². The summed E-state index contributed by atoms with van der Waals surface area (Å²) in [7, 11) is 0. The van der Waals surface area contributed by atoms with Crippen LogP contribution in [0.4, 0.5) is 5.82 Å². The van der Waals surface area contributed by atoms with E-state index < -0.39 is 0 Å². The number of nitrogens with zero attached hydrogens (tertiary/aromatic N) is 1. The highest BCUT2D eigenvalue weighted by Crippen LogP contribution is 2.26. The summed E-state index contributed by atoms with van der Waals surface area (Å²) in [6.07, 6.45) is 0. The van der Waals surface area contributed by atoms with Crippen molar-refractivity contribution in [2.75, 3.05) is 5.73 Å². The highest BCUT2D eigenvalue weighted by Gasteiger charge is 2.04. The molecule has 0 aliphatic heterocycles. The fourth-order valence-corrected chi connectivity index (χ4v) is 2.02. The number of rotatable bonds is 1. The molecular formula is C10H10N2S. The Morgan fingerprint density at radius 2 is 2.08 bits per heavy atom. The lowest BCUT2D eigenvalue weighted by Crippen LogP contribution is -1.85. The minimum absolute atomic E-state index is 0.600. The Hall–Kier alpha value is -1.35. The first-order valence-corrected chi connectivity index (χ1v) is 4.92. The van der Waals surface area contributed by atoms with Crippen molar-refractivity contribution < 1.29 is 0 Å². The van der Waals surface area contributed by atoms with Gasteiger partial charge in [0, 0.05) is 10.9 Å². The van der Waals surface area contributed by atoms with Crippen LogP contribution in [0.25, 0.3) is 10.6 Å². The Morgan fingerprint density at radius 1 is 1.31 bits per heavy atom. The SMILES string of the molecule is Cc1ccccc1-c1nc(N)cs1. The summed E-state index contributed by atoms with van der Waals surface area (Å²) in [6, 6.07) is 8.18. The average Bonchev–Trinajstić information content (AvgIpc) is 2.53. The van der Waals surface area contributed by atoms with E-state index in [2.05, 4.69) is 24.0 Å². The molecule has 1 heterocycles. The Kier molecular flexibility index (Phi) is 2.02. The van der Waals surface area contributed by atoms with Gasteiger partial charge in [0.15, 0.2) is 0 Å². The van der Waals surface area contributed by atoms with E-state index in [0.717, 1.165) is 5.01 Å². The van der Waals surface area contributed by atoms with E-state index in [1.165, 1.54) is 11.1 Å². The van der Waals surface area contributed by atoms with Crippen molar-refractivity contribution in [1.82, 2.24) is 4.98 Å². The molecule has 1 aromatic heterocycles. The van der Waals surface area contributed by atoms with Gasteiger partial charge in [-0.2, -0.15) is 0 Å². The number of hydrogen-bond donors (Lipinski definition) is 1. The predicted octanol–water partition coefficient (Wildman–Crippen LogP) is 2.70. The van der Waals surface area contributed by atoms with Crippen molar-refractivity contribution in [2.24, 2.45) is 0 Å². The second-order valence-corrected chi connectivity index (χ2v) is 3.75. The summed E-state index contributed by atoms with van der Waals surface area (Å²) >= 11 is 1.58. The molecule has 3 heteroatoms. The van der Waals surface area contributed by atoms with E-state index in [-0.39, 0.29) is 0 Å². The van der Waals surface area contributed by atoms with Crippen LogP contribution in [0.2, 0.25) is 0 Å². The van der Waals surface area contributed by atoms with Crippen LogP contribution < -0.4 is 5.73 Å². The smallest absolute Gasteiger partial charge is 0.135 e. The zero-order valence-corrected chi connectivity index (χ0v) is 8.14. The van der Waals surface area contributed by atoms with E-state index in [4.69, 9.17) is 5.73 Å². The summed E-state index contributed by atoms with van der Waals surface area (Å²) in [5.74, 6) is 0.600. The lowest BCUT2D eigenvalue weighted by atomic mass is 10.1. The molecule has 0 fully saturated rings. The first-order chi connectivity index (χ1) is 6.27. The molecular weight excluding hydrogens is 180 g/mol. The maximum absolute atomic E-state index is 5.57. The molecule has 0 radical (unpaired) electrons. The second kappa shape index (κ2) is 3.18. The van der Waals surface area contributed by atoms with Crippen molar-refractivity contribution in [3.8, 4) is 10.6 Å². The number of aryl methyl sites for hydroxylation is 1. The van der Waals surface area contributed by atoms with Crippen molar-refractivity contribution in [3.05, 3.63) is 35.2 Å². The second-order valence-electron chi connectivity index (χ2n) is 2.89. The fourth-order valence-electron chi connectivity index (χ4n) is 1.22. The van der Waals surface area contributed by atoms with Crippen LogP contribution in [0.15, 0.2) is 29.6 Å². The number of aromatic nitrogens is 1. The van der Waals surface area contributed by atoms with Gasteiger partial charge in [-0.1, -0.05) is 24.3 Å². The minimum atomic E-state index is 0.600. The molecule has 0 aliphatic carbocycles. The van der Waals surface area contributed by atoms with Crippen LogP contribution in [0.3, 0.4) is 0 Å². The molecule has 0 saturated carbocycles. The predicted molar refractivity (Wildman–Crippen MR) is 56.7 cm³/mol. The summed E-state index contributed by atoms with van der Waals surface area (Å²) in [6.45, 7) is 2.08. The minimum Gasteiger partial charge on any atom is -0.383 e. The van der Waals surface area contributed by atoms with Gasteiger partial charge in [-0.05, 0) is 12.5 Å². The number of anilines is 1. The van der Waals surface area contributed by atoms with Crippen LogP contribution in [-0.4, -0.2) is 4.98 Å². The molecule has 2 rings (SSSR count). The number of benzene rings is 1. The zero-order valence-electron chi connectivity index (χ0n) is 7.32.